The van der Waals surface area contributed by atoms with Gasteiger partial charge in [0.15, 0.2) is 5.69 Å². The molecule has 0 spiro atoms. The largest absolute Gasteiger partial charge is 0.508 e. The average Bonchev–Trinajstić information content (AvgIpc) is 2.57. The van der Waals surface area contributed by atoms with Gasteiger partial charge in [-0.15, -0.1) is 0 Å². The fourth-order valence-electron chi connectivity index (χ4n) is 1.63. The molecule has 0 atom stereocenters. The van der Waals surface area contributed by atoms with E-state index in [1.165, 1.54) is 23.7 Å². The van der Waals surface area contributed by atoms with Crippen molar-refractivity contribution in [1.82, 2.24) is 9.55 Å². The summed E-state index contributed by atoms with van der Waals surface area (Å²) >= 11 is 0. The highest BCUT2D eigenvalue weighted by Gasteiger charge is 2.18. The molecule has 1 aromatic heterocycles. The number of carboxylic acids is 1. The number of nitrogens with one attached hydrogen (secondary N) is 1. The van der Waals surface area contributed by atoms with E-state index < -0.39 is 11.7 Å². The standard InChI is InChI=1S/C11H10N2O4/c1-13-9(6-2-4-7(14)5-3-6)8(10(15)16)12-11(13)17/h2-5,14H,1H3,(H,12,17)(H,15,16). The lowest BCUT2D eigenvalue weighted by molar-refractivity contribution is 0.0691. The zero-order valence-corrected chi connectivity index (χ0v) is 8.97. The van der Waals surface area contributed by atoms with Gasteiger partial charge in [-0.2, -0.15) is 0 Å². The van der Waals surface area contributed by atoms with Crippen LogP contribution in [0.1, 0.15) is 10.5 Å². The highest BCUT2D eigenvalue weighted by atomic mass is 16.4. The molecule has 1 heterocycles. The maximum atomic E-state index is 11.4. The molecule has 0 aliphatic heterocycles. The van der Waals surface area contributed by atoms with Crippen molar-refractivity contribution in [2.75, 3.05) is 0 Å². The Morgan fingerprint density at radius 3 is 2.41 bits per heavy atom. The van der Waals surface area contributed by atoms with Crippen LogP contribution in [0.2, 0.25) is 0 Å². The maximum Gasteiger partial charge on any atom is 0.354 e. The Balaban J connectivity index is 2.69. The number of phenolic OH excluding ortho intramolecular Hbond substituents is 1. The van der Waals surface area contributed by atoms with E-state index in [2.05, 4.69) is 4.98 Å². The summed E-state index contributed by atoms with van der Waals surface area (Å²) in [5, 5.41) is 18.2. The molecule has 6 heteroatoms. The topological polar surface area (TPSA) is 95.3 Å². The predicted octanol–water partition coefficient (Wildman–Crippen LogP) is 0.784. The number of aromatic carboxylic acids is 1. The number of imidazole rings is 1. The summed E-state index contributed by atoms with van der Waals surface area (Å²) in [6.07, 6.45) is 0. The minimum absolute atomic E-state index is 0.0751. The summed E-state index contributed by atoms with van der Waals surface area (Å²) in [6.45, 7) is 0. The summed E-state index contributed by atoms with van der Waals surface area (Å²) in [5.74, 6) is -1.13. The molecule has 0 bridgehead atoms. The van der Waals surface area contributed by atoms with Crippen LogP contribution >= 0.6 is 0 Å². The number of carboxylic acid groups (broad SMARTS) is 1. The number of hydrogen-bond acceptors (Lipinski definition) is 3. The molecule has 0 aliphatic rings. The van der Waals surface area contributed by atoms with Crippen LogP contribution in [0.25, 0.3) is 11.3 Å². The van der Waals surface area contributed by atoms with Gasteiger partial charge < -0.3 is 10.2 Å². The third-order valence-electron chi connectivity index (χ3n) is 2.46. The Hall–Kier alpha value is -2.50. The monoisotopic (exact) mass is 234 g/mol. The Labute approximate surface area is 95.8 Å². The fraction of sp³-hybridized carbons (Fsp3) is 0.0909. The summed E-state index contributed by atoms with van der Waals surface area (Å²) < 4.78 is 1.22. The molecule has 0 amide bonds. The third-order valence-corrected chi connectivity index (χ3v) is 2.46. The first-order chi connectivity index (χ1) is 8.00. The van der Waals surface area contributed by atoms with E-state index in [1.807, 2.05) is 0 Å². The van der Waals surface area contributed by atoms with Crippen LogP contribution in [0, 0.1) is 0 Å². The molecule has 0 fully saturated rings. The molecular weight excluding hydrogens is 224 g/mol. The van der Waals surface area contributed by atoms with Crippen molar-refractivity contribution in [3.05, 3.63) is 40.4 Å². The van der Waals surface area contributed by atoms with Crippen LogP contribution in [0.15, 0.2) is 29.1 Å². The second-order valence-corrected chi connectivity index (χ2v) is 3.56. The molecule has 0 aliphatic carbocycles. The van der Waals surface area contributed by atoms with E-state index in [1.54, 1.807) is 12.1 Å². The van der Waals surface area contributed by atoms with E-state index >= 15 is 0 Å². The Morgan fingerprint density at radius 1 is 1.29 bits per heavy atom. The highest BCUT2D eigenvalue weighted by molar-refractivity contribution is 5.92. The first-order valence-electron chi connectivity index (χ1n) is 4.82. The van der Waals surface area contributed by atoms with Crippen LogP contribution in [0.3, 0.4) is 0 Å². The van der Waals surface area contributed by atoms with Crippen molar-refractivity contribution in [3.8, 4) is 17.0 Å². The van der Waals surface area contributed by atoms with Gasteiger partial charge in [-0.3, -0.25) is 9.55 Å². The van der Waals surface area contributed by atoms with E-state index in [0.29, 0.717) is 5.56 Å². The van der Waals surface area contributed by atoms with Gasteiger partial charge in [-0.25, -0.2) is 9.59 Å². The quantitative estimate of drug-likeness (QED) is 0.715. The molecular formula is C11H10N2O4. The van der Waals surface area contributed by atoms with Gasteiger partial charge in [-0.1, -0.05) is 0 Å². The van der Waals surface area contributed by atoms with Crippen molar-refractivity contribution in [2.24, 2.45) is 7.05 Å². The second-order valence-electron chi connectivity index (χ2n) is 3.56. The number of H-pyrrole nitrogens is 1. The number of aromatic nitrogens is 2. The van der Waals surface area contributed by atoms with Gasteiger partial charge in [0.2, 0.25) is 0 Å². The van der Waals surface area contributed by atoms with Crippen molar-refractivity contribution < 1.29 is 15.0 Å². The van der Waals surface area contributed by atoms with Gasteiger partial charge in [0.25, 0.3) is 0 Å². The predicted molar refractivity (Wildman–Crippen MR) is 60.1 cm³/mol. The summed E-state index contributed by atoms with van der Waals surface area (Å²) in [6, 6.07) is 5.95. The smallest absolute Gasteiger partial charge is 0.354 e. The molecule has 3 N–H and O–H groups in total. The molecule has 0 saturated heterocycles. The normalized spacial score (nSPS) is 10.4. The van der Waals surface area contributed by atoms with E-state index in [4.69, 9.17) is 10.2 Å². The number of aromatic amines is 1. The van der Waals surface area contributed by atoms with Crippen LogP contribution < -0.4 is 5.69 Å². The zero-order chi connectivity index (χ0) is 12.6. The third kappa shape index (κ3) is 1.80. The van der Waals surface area contributed by atoms with Crippen LogP contribution in [-0.4, -0.2) is 25.7 Å². The number of benzene rings is 1. The molecule has 2 aromatic rings. The number of hydrogen-bond donors (Lipinski definition) is 3. The van der Waals surface area contributed by atoms with Crippen LogP contribution in [-0.2, 0) is 7.05 Å². The summed E-state index contributed by atoms with van der Waals surface area (Å²) in [5.41, 5.74) is 0.164. The van der Waals surface area contributed by atoms with Gasteiger partial charge in [0.05, 0.1) is 5.69 Å². The Kier molecular flexibility index (Phi) is 2.47. The molecule has 6 nitrogen and oxygen atoms in total. The van der Waals surface area contributed by atoms with Crippen molar-refractivity contribution in [3.63, 3.8) is 0 Å². The molecule has 1 aromatic carbocycles. The zero-order valence-electron chi connectivity index (χ0n) is 8.97. The Morgan fingerprint density at radius 2 is 1.88 bits per heavy atom. The van der Waals surface area contributed by atoms with Gasteiger partial charge >= 0.3 is 11.7 Å². The van der Waals surface area contributed by atoms with Gasteiger partial charge in [0, 0.05) is 12.6 Å². The lowest BCUT2D eigenvalue weighted by atomic mass is 10.1. The molecule has 2 rings (SSSR count). The number of aromatic hydroxyl groups is 1. The van der Waals surface area contributed by atoms with Gasteiger partial charge in [-0.05, 0) is 24.3 Å². The Bertz CT molecular complexity index is 622. The van der Waals surface area contributed by atoms with Crippen LogP contribution in [0.4, 0.5) is 0 Å². The van der Waals surface area contributed by atoms with Crippen molar-refractivity contribution >= 4 is 5.97 Å². The number of carbonyl (C=O) groups is 1. The lowest BCUT2D eigenvalue weighted by Crippen LogP contribution is -2.13. The number of rotatable bonds is 2. The van der Waals surface area contributed by atoms with E-state index in [9.17, 15) is 9.59 Å². The van der Waals surface area contributed by atoms with E-state index in [-0.39, 0.29) is 17.1 Å². The molecule has 17 heavy (non-hydrogen) atoms. The molecule has 0 unspecified atom stereocenters. The summed E-state index contributed by atoms with van der Waals surface area (Å²) in [4.78, 5) is 24.7. The van der Waals surface area contributed by atoms with Gasteiger partial charge in [0.1, 0.15) is 5.75 Å². The minimum atomic E-state index is -1.20. The molecule has 88 valence electrons. The summed E-state index contributed by atoms with van der Waals surface area (Å²) in [7, 11) is 1.48. The SMILES string of the molecule is Cn1c(-c2ccc(O)cc2)c(C(=O)O)[nH]c1=O. The minimum Gasteiger partial charge on any atom is -0.508 e. The van der Waals surface area contributed by atoms with E-state index in [0.717, 1.165) is 0 Å². The highest BCUT2D eigenvalue weighted by Crippen LogP contribution is 2.23. The molecule has 0 radical (unpaired) electrons. The first-order valence-corrected chi connectivity index (χ1v) is 4.82. The van der Waals surface area contributed by atoms with Crippen molar-refractivity contribution in [2.45, 2.75) is 0 Å². The number of nitrogens with zero attached hydrogens (tertiary/aromatic N) is 1. The molecule has 0 saturated carbocycles. The fourth-order valence-corrected chi connectivity index (χ4v) is 1.63. The number of phenols is 1. The lowest BCUT2D eigenvalue weighted by Gasteiger charge is -2.03. The maximum absolute atomic E-state index is 11.4. The second kappa shape index (κ2) is 3.82. The van der Waals surface area contributed by atoms with Crippen LogP contribution in [0.5, 0.6) is 5.75 Å². The van der Waals surface area contributed by atoms with Crippen molar-refractivity contribution in [1.29, 1.82) is 0 Å². The average molecular weight is 234 g/mol. The first kappa shape index (κ1) is 11.0.